The second kappa shape index (κ2) is 10.7. The number of benzene rings is 2. The Labute approximate surface area is 158 Å². The summed E-state index contributed by atoms with van der Waals surface area (Å²) in [4.78, 5) is 23.4. The molecule has 0 atom stereocenters. The third-order valence-corrected chi connectivity index (χ3v) is 3.58. The van der Waals surface area contributed by atoms with E-state index in [1.165, 1.54) is 12.2 Å². The summed E-state index contributed by atoms with van der Waals surface area (Å²) in [5.41, 5.74) is 2.86. The van der Waals surface area contributed by atoms with Crippen molar-refractivity contribution in [3.05, 3.63) is 96.1 Å². The van der Waals surface area contributed by atoms with Crippen LogP contribution in [0.25, 0.3) is 0 Å². The minimum Gasteiger partial charge on any atom is -0.458 e. The highest BCUT2D eigenvalue weighted by Crippen LogP contribution is 2.11. The van der Waals surface area contributed by atoms with E-state index < -0.39 is 0 Å². The van der Waals surface area contributed by atoms with Crippen LogP contribution >= 0.6 is 0 Å². The number of carbonyl (C=O) groups excluding carboxylic acids is 2. The van der Waals surface area contributed by atoms with Crippen LogP contribution in [0.15, 0.2) is 73.8 Å². The number of rotatable bonds is 10. The molecule has 0 aromatic heterocycles. The summed E-state index contributed by atoms with van der Waals surface area (Å²) in [5, 5.41) is 0. The summed E-state index contributed by atoms with van der Waals surface area (Å²) >= 11 is 0. The Morgan fingerprint density at radius 2 is 1.07 bits per heavy atom. The minimum absolute atomic E-state index is 0.189. The molecule has 0 heterocycles. The SMILES string of the molecule is C=CCOC(=O)c1ccc(COCc2ccc(C(=O)OCC=C)cc2)cc1. The van der Waals surface area contributed by atoms with E-state index in [0.29, 0.717) is 24.3 Å². The largest absolute Gasteiger partial charge is 0.458 e. The summed E-state index contributed by atoms with van der Waals surface area (Å²) in [5.74, 6) is -0.761. The molecule has 27 heavy (non-hydrogen) atoms. The lowest BCUT2D eigenvalue weighted by molar-refractivity contribution is 0.0540. The Morgan fingerprint density at radius 1 is 0.704 bits per heavy atom. The highest BCUT2D eigenvalue weighted by atomic mass is 16.5. The van der Waals surface area contributed by atoms with Crippen molar-refractivity contribution in [3.63, 3.8) is 0 Å². The molecule has 0 bridgehead atoms. The first-order valence-electron chi connectivity index (χ1n) is 8.45. The molecule has 0 aliphatic heterocycles. The van der Waals surface area contributed by atoms with E-state index >= 15 is 0 Å². The quantitative estimate of drug-likeness (QED) is 0.468. The first kappa shape index (κ1) is 20.1. The Kier molecular flexibility index (Phi) is 8.00. The van der Waals surface area contributed by atoms with Crippen molar-refractivity contribution in [1.29, 1.82) is 0 Å². The monoisotopic (exact) mass is 366 g/mol. The van der Waals surface area contributed by atoms with Crippen LogP contribution in [-0.4, -0.2) is 25.2 Å². The van der Waals surface area contributed by atoms with Crippen LogP contribution in [0, 0.1) is 0 Å². The fourth-order valence-electron chi connectivity index (χ4n) is 2.20. The lowest BCUT2D eigenvalue weighted by Crippen LogP contribution is -2.05. The normalized spacial score (nSPS) is 10.1. The number of esters is 2. The van der Waals surface area contributed by atoms with Crippen molar-refractivity contribution < 1.29 is 23.8 Å². The van der Waals surface area contributed by atoms with Crippen LogP contribution in [0.3, 0.4) is 0 Å². The number of hydrogen-bond donors (Lipinski definition) is 0. The van der Waals surface area contributed by atoms with Gasteiger partial charge in [-0.1, -0.05) is 49.6 Å². The number of hydrogen-bond acceptors (Lipinski definition) is 5. The Hall–Kier alpha value is -3.18. The molecule has 140 valence electrons. The number of carbonyl (C=O) groups is 2. The summed E-state index contributed by atoms with van der Waals surface area (Å²) < 4.78 is 15.6. The molecule has 0 unspecified atom stereocenters. The van der Waals surface area contributed by atoms with Gasteiger partial charge in [-0.05, 0) is 35.4 Å². The molecule has 0 saturated carbocycles. The maximum absolute atomic E-state index is 11.7. The molecule has 0 aliphatic rings. The molecule has 0 amide bonds. The van der Waals surface area contributed by atoms with Crippen LogP contribution in [0.1, 0.15) is 31.8 Å². The van der Waals surface area contributed by atoms with Gasteiger partial charge in [0.1, 0.15) is 13.2 Å². The highest BCUT2D eigenvalue weighted by Gasteiger charge is 2.07. The van der Waals surface area contributed by atoms with Crippen LogP contribution < -0.4 is 0 Å². The smallest absolute Gasteiger partial charge is 0.338 e. The van der Waals surface area contributed by atoms with Gasteiger partial charge in [-0.15, -0.1) is 0 Å². The van der Waals surface area contributed by atoms with Crippen LogP contribution in [-0.2, 0) is 27.4 Å². The van der Waals surface area contributed by atoms with Crippen LogP contribution in [0.2, 0.25) is 0 Å². The summed E-state index contributed by atoms with van der Waals surface area (Å²) in [6.45, 7) is 8.20. The molecule has 5 nitrogen and oxygen atoms in total. The third-order valence-electron chi connectivity index (χ3n) is 3.58. The van der Waals surface area contributed by atoms with E-state index in [-0.39, 0.29) is 25.2 Å². The van der Waals surface area contributed by atoms with Gasteiger partial charge in [0.25, 0.3) is 0 Å². The summed E-state index contributed by atoms with van der Waals surface area (Å²) in [7, 11) is 0. The molecule has 0 fully saturated rings. The Bertz CT molecular complexity index is 708. The van der Waals surface area contributed by atoms with Gasteiger partial charge < -0.3 is 14.2 Å². The van der Waals surface area contributed by atoms with E-state index in [2.05, 4.69) is 13.2 Å². The van der Waals surface area contributed by atoms with Gasteiger partial charge in [0.15, 0.2) is 0 Å². The molecule has 2 aromatic rings. The van der Waals surface area contributed by atoms with E-state index in [4.69, 9.17) is 14.2 Å². The van der Waals surface area contributed by atoms with Crippen molar-refractivity contribution in [1.82, 2.24) is 0 Å². The molecule has 0 aliphatic carbocycles. The lowest BCUT2D eigenvalue weighted by atomic mass is 10.1. The van der Waals surface area contributed by atoms with Crippen molar-refractivity contribution in [2.24, 2.45) is 0 Å². The minimum atomic E-state index is -0.380. The first-order chi connectivity index (χ1) is 13.1. The van der Waals surface area contributed by atoms with Crippen molar-refractivity contribution in [2.75, 3.05) is 13.2 Å². The molecule has 0 N–H and O–H groups in total. The first-order valence-corrected chi connectivity index (χ1v) is 8.45. The van der Waals surface area contributed by atoms with Gasteiger partial charge >= 0.3 is 11.9 Å². The van der Waals surface area contributed by atoms with Gasteiger partial charge in [0.2, 0.25) is 0 Å². The van der Waals surface area contributed by atoms with E-state index in [0.717, 1.165) is 11.1 Å². The molecule has 5 heteroatoms. The third kappa shape index (κ3) is 6.56. The standard InChI is InChI=1S/C22H22O5/c1-3-13-26-21(23)19-9-5-17(6-10-19)15-25-16-18-7-11-20(12-8-18)22(24)27-14-4-2/h3-12H,1-2,13-16H2. The van der Waals surface area contributed by atoms with Gasteiger partial charge in [-0.2, -0.15) is 0 Å². The van der Waals surface area contributed by atoms with Gasteiger partial charge in [-0.3, -0.25) is 0 Å². The zero-order valence-corrected chi connectivity index (χ0v) is 15.1. The zero-order chi connectivity index (χ0) is 19.5. The second-order valence-corrected chi connectivity index (χ2v) is 5.66. The Morgan fingerprint density at radius 3 is 1.41 bits per heavy atom. The fraction of sp³-hybridized carbons (Fsp3) is 0.182. The predicted octanol–water partition coefficient (Wildman–Crippen LogP) is 4.09. The molecule has 2 aromatic carbocycles. The van der Waals surface area contributed by atoms with Crippen molar-refractivity contribution in [3.8, 4) is 0 Å². The average molecular weight is 366 g/mol. The lowest BCUT2D eigenvalue weighted by Gasteiger charge is -2.07. The van der Waals surface area contributed by atoms with Gasteiger partial charge in [0, 0.05) is 0 Å². The summed E-state index contributed by atoms with van der Waals surface area (Å²) in [6, 6.07) is 14.1. The molecular weight excluding hydrogens is 344 g/mol. The topological polar surface area (TPSA) is 61.8 Å². The maximum atomic E-state index is 11.7. The number of ether oxygens (including phenoxy) is 3. The second-order valence-electron chi connectivity index (χ2n) is 5.66. The van der Waals surface area contributed by atoms with E-state index in [9.17, 15) is 9.59 Å². The van der Waals surface area contributed by atoms with E-state index in [1.807, 2.05) is 24.3 Å². The van der Waals surface area contributed by atoms with Crippen molar-refractivity contribution >= 4 is 11.9 Å². The molecule has 2 rings (SSSR count). The highest BCUT2D eigenvalue weighted by molar-refractivity contribution is 5.89. The van der Waals surface area contributed by atoms with Crippen LogP contribution in [0.5, 0.6) is 0 Å². The molecule has 0 spiro atoms. The van der Waals surface area contributed by atoms with Crippen LogP contribution in [0.4, 0.5) is 0 Å². The zero-order valence-electron chi connectivity index (χ0n) is 15.1. The molecule has 0 radical (unpaired) electrons. The van der Waals surface area contributed by atoms with Gasteiger partial charge in [-0.25, -0.2) is 9.59 Å². The fourth-order valence-corrected chi connectivity index (χ4v) is 2.20. The average Bonchev–Trinajstić information content (AvgIpc) is 2.71. The van der Waals surface area contributed by atoms with Crippen molar-refractivity contribution in [2.45, 2.75) is 13.2 Å². The Balaban J connectivity index is 1.80. The molecule has 0 saturated heterocycles. The maximum Gasteiger partial charge on any atom is 0.338 e. The van der Waals surface area contributed by atoms with E-state index in [1.54, 1.807) is 24.3 Å². The predicted molar refractivity (Wildman–Crippen MR) is 102 cm³/mol. The van der Waals surface area contributed by atoms with Gasteiger partial charge in [0.05, 0.1) is 24.3 Å². The summed E-state index contributed by atoms with van der Waals surface area (Å²) in [6.07, 6.45) is 3.05. The molecular formula is C22H22O5.